The van der Waals surface area contributed by atoms with Gasteiger partial charge in [-0.2, -0.15) is 0 Å². The van der Waals surface area contributed by atoms with Gasteiger partial charge in [0, 0.05) is 22.6 Å². The molecule has 3 heteroatoms. The summed E-state index contributed by atoms with van der Waals surface area (Å²) in [6.07, 6.45) is 2.05. The highest BCUT2D eigenvalue weighted by molar-refractivity contribution is 9.14. The van der Waals surface area contributed by atoms with E-state index in [0.717, 1.165) is 11.9 Å². The summed E-state index contributed by atoms with van der Waals surface area (Å²) in [5, 5.41) is 6.67. The van der Waals surface area contributed by atoms with Crippen molar-refractivity contribution in [2.45, 2.75) is 5.33 Å². The number of benzene rings is 1. The minimum absolute atomic E-state index is 0.888. The standard InChI is InChI=1S/C10H9Br2N/c11-4-7-1-2-8-5-13-6-10(12)9(8)3-7/h1-3,5,13H,4,6H2. The van der Waals surface area contributed by atoms with E-state index in [1.807, 2.05) is 0 Å². The van der Waals surface area contributed by atoms with Gasteiger partial charge in [0.05, 0.1) is 0 Å². The van der Waals surface area contributed by atoms with E-state index in [1.54, 1.807) is 0 Å². The monoisotopic (exact) mass is 301 g/mol. The van der Waals surface area contributed by atoms with E-state index < -0.39 is 0 Å². The summed E-state index contributed by atoms with van der Waals surface area (Å²) >= 11 is 7.02. The third kappa shape index (κ3) is 1.81. The lowest BCUT2D eigenvalue weighted by molar-refractivity contribution is 1.05. The van der Waals surface area contributed by atoms with E-state index in [-0.39, 0.29) is 0 Å². The normalized spacial score (nSPS) is 14.5. The summed E-state index contributed by atoms with van der Waals surface area (Å²) in [7, 11) is 0. The van der Waals surface area contributed by atoms with E-state index >= 15 is 0 Å². The zero-order valence-corrected chi connectivity index (χ0v) is 10.2. The largest absolute Gasteiger partial charge is 0.386 e. The van der Waals surface area contributed by atoms with Crippen LogP contribution in [-0.4, -0.2) is 6.54 Å². The van der Waals surface area contributed by atoms with Gasteiger partial charge in [0.2, 0.25) is 0 Å². The molecule has 1 nitrogen and oxygen atoms in total. The first-order valence-corrected chi connectivity index (χ1v) is 6.00. The molecule has 13 heavy (non-hydrogen) atoms. The van der Waals surface area contributed by atoms with Crippen LogP contribution in [0, 0.1) is 0 Å². The lowest BCUT2D eigenvalue weighted by atomic mass is 10.1. The SMILES string of the molecule is BrCc1ccc2c(c1)=C(Br)CNC=2. The van der Waals surface area contributed by atoms with Gasteiger partial charge in [-0.25, -0.2) is 0 Å². The minimum atomic E-state index is 0.888. The zero-order chi connectivity index (χ0) is 9.26. The van der Waals surface area contributed by atoms with Gasteiger partial charge in [0.25, 0.3) is 0 Å². The van der Waals surface area contributed by atoms with Crippen molar-refractivity contribution in [2.24, 2.45) is 0 Å². The molecule has 0 saturated carbocycles. The summed E-state index contributed by atoms with van der Waals surface area (Å²) in [6.45, 7) is 0.888. The molecule has 0 bridgehead atoms. The van der Waals surface area contributed by atoms with Crippen LogP contribution < -0.4 is 15.8 Å². The van der Waals surface area contributed by atoms with Crippen molar-refractivity contribution in [1.82, 2.24) is 5.32 Å². The maximum atomic E-state index is 3.57. The molecule has 0 spiro atoms. The summed E-state index contributed by atoms with van der Waals surface area (Å²) in [5.74, 6) is 0. The predicted molar refractivity (Wildman–Crippen MR) is 63.1 cm³/mol. The molecule has 1 aromatic carbocycles. The Morgan fingerprint density at radius 3 is 3.00 bits per heavy atom. The Morgan fingerprint density at radius 2 is 2.23 bits per heavy atom. The third-order valence-electron chi connectivity index (χ3n) is 2.08. The van der Waals surface area contributed by atoms with E-state index in [9.17, 15) is 0 Å². The first-order valence-electron chi connectivity index (χ1n) is 4.08. The number of hydrogen-bond acceptors (Lipinski definition) is 1. The van der Waals surface area contributed by atoms with Crippen LogP contribution in [0.3, 0.4) is 0 Å². The van der Waals surface area contributed by atoms with Gasteiger partial charge in [-0.3, -0.25) is 0 Å². The fraction of sp³-hybridized carbons (Fsp3) is 0.200. The van der Waals surface area contributed by atoms with Crippen molar-refractivity contribution in [2.75, 3.05) is 6.54 Å². The van der Waals surface area contributed by atoms with Crippen LogP contribution in [0.5, 0.6) is 0 Å². The van der Waals surface area contributed by atoms with Crippen molar-refractivity contribution in [1.29, 1.82) is 0 Å². The van der Waals surface area contributed by atoms with Gasteiger partial charge in [0.15, 0.2) is 0 Å². The molecule has 2 rings (SSSR count). The van der Waals surface area contributed by atoms with Crippen molar-refractivity contribution >= 4 is 42.5 Å². The lowest BCUT2D eigenvalue weighted by Gasteiger charge is -2.07. The highest BCUT2D eigenvalue weighted by atomic mass is 79.9. The number of halogens is 2. The molecule has 0 amide bonds. The number of nitrogens with one attached hydrogen (secondary N) is 1. The third-order valence-corrected chi connectivity index (χ3v) is 3.43. The van der Waals surface area contributed by atoms with Gasteiger partial charge in [-0.15, -0.1) is 0 Å². The van der Waals surface area contributed by atoms with Crippen LogP contribution in [0.2, 0.25) is 0 Å². The van der Waals surface area contributed by atoms with Gasteiger partial charge in [-0.1, -0.05) is 44.0 Å². The van der Waals surface area contributed by atoms with Crippen LogP contribution >= 0.6 is 31.9 Å². The Balaban J connectivity index is 2.74. The Morgan fingerprint density at radius 1 is 1.38 bits per heavy atom. The van der Waals surface area contributed by atoms with Crippen LogP contribution in [0.1, 0.15) is 5.56 Å². The number of alkyl halides is 1. The molecule has 1 heterocycles. The molecule has 1 aliphatic rings. The second kappa shape index (κ2) is 3.84. The minimum Gasteiger partial charge on any atom is -0.386 e. The quantitative estimate of drug-likeness (QED) is 0.774. The molecule has 0 radical (unpaired) electrons. The number of hydrogen-bond donors (Lipinski definition) is 1. The Labute approximate surface area is 93.8 Å². The number of fused-ring (bicyclic) bond motifs is 1. The second-order valence-corrected chi connectivity index (χ2v) is 4.50. The molecule has 0 atom stereocenters. The van der Waals surface area contributed by atoms with Gasteiger partial charge >= 0.3 is 0 Å². The topological polar surface area (TPSA) is 12.0 Å². The van der Waals surface area contributed by atoms with Crippen molar-refractivity contribution in [3.05, 3.63) is 34.2 Å². The van der Waals surface area contributed by atoms with Crippen molar-refractivity contribution in [3.8, 4) is 0 Å². The highest BCUT2D eigenvalue weighted by Gasteiger charge is 2.00. The average Bonchev–Trinajstić information content (AvgIpc) is 2.18. The molecule has 68 valence electrons. The molecule has 0 unspecified atom stereocenters. The van der Waals surface area contributed by atoms with Crippen molar-refractivity contribution in [3.63, 3.8) is 0 Å². The molecule has 1 aromatic rings. The van der Waals surface area contributed by atoms with E-state index in [4.69, 9.17) is 0 Å². The second-order valence-electron chi connectivity index (χ2n) is 2.99. The maximum absolute atomic E-state index is 3.57. The van der Waals surface area contributed by atoms with Crippen LogP contribution in [0.4, 0.5) is 0 Å². The summed E-state index contributed by atoms with van der Waals surface area (Å²) < 4.78 is 1.23. The molecule has 0 fully saturated rings. The van der Waals surface area contributed by atoms with Gasteiger partial charge in [0.1, 0.15) is 0 Å². The smallest absolute Gasteiger partial charge is 0.0467 e. The number of rotatable bonds is 1. The molecule has 1 N–H and O–H groups in total. The first-order chi connectivity index (χ1) is 6.31. The maximum Gasteiger partial charge on any atom is 0.0467 e. The lowest BCUT2D eigenvalue weighted by Crippen LogP contribution is -2.35. The Bertz CT molecular complexity index is 437. The summed E-state index contributed by atoms with van der Waals surface area (Å²) in [5.41, 5.74) is 1.31. The van der Waals surface area contributed by atoms with E-state index in [2.05, 4.69) is 61.6 Å². The molecule has 0 aromatic heterocycles. The van der Waals surface area contributed by atoms with Crippen LogP contribution in [0.25, 0.3) is 10.7 Å². The Hall–Kier alpha value is -0.280. The van der Waals surface area contributed by atoms with Crippen LogP contribution in [0.15, 0.2) is 18.2 Å². The fourth-order valence-electron chi connectivity index (χ4n) is 1.39. The zero-order valence-electron chi connectivity index (χ0n) is 6.98. The Kier molecular flexibility index (Phi) is 2.74. The van der Waals surface area contributed by atoms with Gasteiger partial charge in [-0.05, 0) is 22.1 Å². The molecule has 0 saturated heterocycles. The predicted octanol–water partition coefficient (Wildman–Crippen LogP) is 1.43. The highest BCUT2D eigenvalue weighted by Crippen LogP contribution is 2.05. The summed E-state index contributed by atoms with van der Waals surface area (Å²) in [4.78, 5) is 0. The molecular formula is C10H9Br2N. The van der Waals surface area contributed by atoms with E-state index in [0.29, 0.717) is 0 Å². The van der Waals surface area contributed by atoms with Gasteiger partial charge < -0.3 is 5.32 Å². The molecule has 1 aliphatic heterocycles. The van der Waals surface area contributed by atoms with E-state index in [1.165, 1.54) is 20.5 Å². The average molecular weight is 303 g/mol. The molecular weight excluding hydrogens is 294 g/mol. The molecule has 0 aliphatic carbocycles. The van der Waals surface area contributed by atoms with Crippen LogP contribution in [-0.2, 0) is 5.33 Å². The van der Waals surface area contributed by atoms with Crippen molar-refractivity contribution < 1.29 is 0 Å². The first kappa shape index (κ1) is 9.28. The fourth-order valence-corrected chi connectivity index (χ4v) is 2.25. The summed E-state index contributed by atoms with van der Waals surface area (Å²) in [6, 6.07) is 6.49.